The van der Waals surface area contributed by atoms with Gasteiger partial charge in [0.2, 0.25) is 29.7 Å². The number of rotatable bonds is 28. The number of ether oxygens (including phenoxy) is 5. The van der Waals surface area contributed by atoms with E-state index < -0.39 is 0 Å². The molecule has 2 saturated carbocycles. The van der Waals surface area contributed by atoms with Crippen molar-refractivity contribution in [2.45, 2.75) is 218 Å². The quantitative estimate of drug-likeness (QED) is 0.0177. The van der Waals surface area contributed by atoms with Crippen molar-refractivity contribution < 1.29 is 43.8 Å². The van der Waals surface area contributed by atoms with Crippen molar-refractivity contribution >= 4 is 96.6 Å². The third kappa shape index (κ3) is 26.6. The molecule has 0 spiro atoms. The number of fused-ring (bicyclic) bond motifs is 4. The monoisotopic (exact) mass is 1860 g/mol. The third-order valence-electron chi connectivity index (χ3n) is 28.3. The maximum absolute atomic E-state index is 12.5. The fourth-order valence-corrected chi connectivity index (χ4v) is 20.1. The first-order valence-corrected chi connectivity index (χ1v) is 50.9. The molecule has 1 amide bonds. The Morgan fingerprint density at radius 3 is 1.12 bits per heavy atom. The number of carbonyl (C=O) groups is 1. The molecular weight excluding hydrogens is 1710 g/mol. The Morgan fingerprint density at radius 1 is 0.434 bits per heavy atom. The van der Waals surface area contributed by atoms with Crippen molar-refractivity contribution in [2.75, 3.05) is 233 Å². The van der Waals surface area contributed by atoms with E-state index in [2.05, 4.69) is 146 Å². The standard InChI is InChI=1S/C29H41N5O2.C27H38N6O3.C26H37N5O2.C24H29N5O2/c1-21(18-22-9-11-24(35)12-10-22)30-28-25-20-27(36-2)23(8-7-15-33-13-3-4-14-33)19-26(25)31-29(32-28)34-16-5-6-17-34;1-20-18-36-22(17-34)16-33(20)19-28-26-23-15-25(35-2)21(8-7-11-31-9-3-4-10-31)14-24(23)29-27(30-26)32-12-5-6-13-32;1-20(10-3-8-17-32)27-25-22-19-24(33-2)21(11-9-14-30-12-4-5-13-30)18-23(22)28-26(29-25)31-15-6-7-16-31;1-31-21-16-19-20(15-18(21)7-6-12-28-10-2-3-11-28)25-24(29-13-4-5-14-29)27-22(19)26-23(30)17-8-9-17/h19-22,24,35H,3-6,9-18H2,1-2H3,(H,30,31,32);14-15,20,22,34H,3-6,9-13,16-19H2,1-2H3,(H,28,29,30);18-20,32H,3-8,10,12-17H2,1-2H3,(H,27,28,29);15-17H,2-5,8-14H2,1H3,(H,25,26,27,30)/t;20-,22-;20-;/m.11./s1. The van der Waals surface area contributed by atoms with Gasteiger partial charge in [-0.05, 0) is 295 Å². The second kappa shape index (κ2) is 49.1. The lowest BCUT2D eigenvalue weighted by Gasteiger charge is -2.37. The molecule has 4 atom stereocenters. The number of nitrogens with one attached hydrogen (secondary N) is 4. The number of morpholine rings is 1. The van der Waals surface area contributed by atoms with Gasteiger partial charge in [0.05, 0.1) is 131 Å². The SMILES string of the molecule is COc1cc2c(NC(=O)C3CC3)nc(N3CCCC3)nc2cc1C#CCN1CCCC1.COc1cc2c(NC(C)CC3CCC(O)CC3)nc(N3CCCC3)nc2cc1C#CCN1CCCC1.COc1cc2c(NCN3C[C@H](CO)OC[C@H]3C)nc(N3CCCC3)nc2cc1C#CCN1CCCC1.COc1cc2c(N[C@H](C)CCCCO)nc(N3CCCC3)nc2cc1C#CCN1CCCC1. The average molecular weight is 1860 g/mol. The molecule has 1 unspecified atom stereocenters. The zero-order valence-corrected chi connectivity index (χ0v) is 81.6. The molecule has 11 fully saturated rings. The topological polar surface area (TPSA) is 304 Å². The van der Waals surface area contributed by atoms with Gasteiger partial charge in [-0.2, -0.15) is 19.9 Å². The van der Waals surface area contributed by atoms with E-state index in [4.69, 9.17) is 68.7 Å². The summed E-state index contributed by atoms with van der Waals surface area (Å²) in [4.78, 5) is 72.7. The number of amides is 1. The van der Waals surface area contributed by atoms with Crippen molar-refractivity contribution in [3.05, 3.63) is 70.8 Å². The Labute approximate surface area is 804 Å². The van der Waals surface area contributed by atoms with Gasteiger partial charge in [-0.15, -0.1) is 0 Å². The summed E-state index contributed by atoms with van der Waals surface area (Å²) in [5, 5.41) is 46.1. The lowest BCUT2D eigenvalue weighted by atomic mass is 9.84. The fourth-order valence-electron chi connectivity index (χ4n) is 20.1. The number of carbonyl (C=O) groups excluding carboxylic acids is 1. The maximum atomic E-state index is 12.5. The van der Waals surface area contributed by atoms with Crippen LogP contribution in [0.5, 0.6) is 23.0 Å². The Kier molecular flexibility index (Phi) is 35.5. The molecule has 30 nitrogen and oxygen atoms in total. The van der Waals surface area contributed by atoms with Crippen LogP contribution in [0.15, 0.2) is 48.5 Å². The predicted octanol–water partition coefficient (Wildman–Crippen LogP) is 13.2. The zero-order valence-electron chi connectivity index (χ0n) is 81.6. The number of aliphatic hydroxyl groups is 3. The molecule has 8 aromatic rings. The first-order chi connectivity index (χ1) is 66.6. The van der Waals surface area contributed by atoms with Crippen molar-refractivity contribution in [3.8, 4) is 70.4 Å². The van der Waals surface area contributed by atoms with Gasteiger partial charge in [-0.3, -0.25) is 29.3 Å². The van der Waals surface area contributed by atoms with Gasteiger partial charge in [0.15, 0.2) is 0 Å². The van der Waals surface area contributed by atoms with E-state index in [9.17, 15) is 15.0 Å². The number of likely N-dealkylation sites (tertiary alicyclic amines) is 4. The van der Waals surface area contributed by atoms with E-state index in [1.165, 1.54) is 77.0 Å². The highest BCUT2D eigenvalue weighted by Gasteiger charge is 2.33. The van der Waals surface area contributed by atoms with Crippen LogP contribution in [-0.4, -0.2) is 308 Å². The molecule has 4 aromatic heterocycles. The summed E-state index contributed by atoms with van der Waals surface area (Å²) in [7, 11) is 6.73. The molecule has 4 aromatic carbocycles. The lowest BCUT2D eigenvalue weighted by Crippen LogP contribution is -2.51. The van der Waals surface area contributed by atoms with Gasteiger partial charge in [0.1, 0.15) is 46.3 Å². The van der Waals surface area contributed by atoms with Crippen molar-refractivity contribution in [1.29, 1.82) is 0 Å². The molecule has 0 radical (unpaired) electrons. The van der Waals surface area contributed by atoms with Crippen LogP contribution in [0.2, 0.25) is 0 Å². The molecule has 728 valence electrons. The number of hydrogen-bond donors (Lipinski definition) is 7. The summed E-state index contributed by atoms with van der Waals surface area (Å²) in [6.07, 6.45) is 29.0. The molecule has 9 saturated heterocycles. The number of benzene rings is 4. The van der Waals surface area contributed by atoms with Gasteiger partial charge in [-0.25, -0.2) is 19.9 Å². The third-order valence-corrected chi connectivity index (χ3v) is 28.3. The first kappa shape index (κ1) is 98.4. The van der Waals surface area contributed by atoms with Gasteiger partial charge in [0.25, 0.3) is 0 Å². The van der Waals surface area contributed by atoms with E-state index in [-0.39, 0.29) is 55.4 Å². The highest BCUT2D eigenvalue weighted by atomic mass is 16.5. The largest absolute Gasteiger partial charge is 0.495 e. The minimum absolute atomic E-state index is 0.0253. The van der Waals surface area contributed by atoms with Crippen LogP contribution in [0.4, 0.5) is 47.1 Å². The minimum atomic E-state index is -0.160. The molecule has 13 heterocycles. The Hall–Kier alpha value is -10.6. The average Bonchev–Trinajstić information content (AvgIpc) is 1.40. The van der Waals surface area contributed by atoms with E-state index in [0.717, 1.165) is 339 Å². The summed E-state index contributed by atoms with van der Waals surface area (Å²) in [6.45, 7) is 28.7. The minimum Gasteiger partial charge on any atom is -0.495 e. The summed E-state index contributed by atoms with van der Waals surface area (Å²) < 4.78 is 28.5. The molecule has 136 heavy (non-hydrogen) atoms. The number of aromatic nitrogens is 8. The highest BCUT2D eigenvalue weighted by Crippen LogP contribution is 2.40. The van der Waals surface area contributed by atoms with Gasteiger partial charge >= 0.3 is 0 Å². The predicted molar refractivity (Wildman–Crippen MR) is 543 cm³/mol. The van der Waals surface area contributed by atoms with Gasteiger partial charge < -0.3 is 79.9 Å². The van der Waals surface area contributed by atoms with Crippen LogP contribution in [0.1, 0.15) is 210 Å². The smallest absolute Gasteiger partial charge is 0.228 e. The highest BCUT2D eigenvalue weighted by molar-refractivity contribution is 6.02. The van der Waals surface area contributed by atoms with Crippen molar-refractivity contribution in [1.82, 2.24) is 64.4 Å². The normalized spacial score (nSPS) is 20.8. The molecular formula is C106H145N21O9. The van der Waals surface area contributed by atoms with Gasteiger partial charge in [0, 0.05) is 111 Å². The van der Waals surface area contributed by atoms with E-state index in [0.29, 0.717) is 43.3 Å². The van der Waals surface area contributed by atoms with Crippen LogP contribution in [0.25, 0.3) is 43.6 Å². The van der Waals surface area contributed by atoms with Crippen LogP contribution in [-0.2, 0) is 9.53 Å². The van der Waals surface area contributed by atoms with Crippen LogP contribution >= 0.6 is 0 Å². The van der Waals surface area contributed by atoms with E-state index >= 15 is 0 Å². The number of hydrogen-bond acceptors (Lipinski definition) is 29. The summed E-state index contributed by atoms with van der Waals surface area (Å²) >= 11 is 0. The summed E-state index contributed by atoms with van der Waals surface area (Å²) in [6, 6.07) is 16.9. The maximum Gasteiger partial charge on any atom is 0.228 e. The first-order valence-electron chi connectivity index (χ1n) is 50.9. The molecule has 9 aliphatic heterocycles. The molecule has 0 bridgehead atoms. The van der Waals surface area contributed by atoms with Gasteiger partial charge in [-0.1, -0.05) is 47.4 Å². The number of aliphatic hydroxyl groups excluding tert-OH is 3. The Bertz CT molecular complexity index is 5590. The fraction of sp³-hybridized carbons (Fsp3) is 0.613. The van der Waals surface area contributed by atoms with E-state index in [1.807, 2.05) is 36.4 Å². The second-order valence-electron chi connectivity index (χ2n) is 38.8. The number of nitrogens with zero attached hydrogens (tertiary/aromatic N) is 17. The van der Waals surface area contributed by atoms with Crippen molar-refractivity contribution in [2.24, 2.45) is 11.8 Å². The Balaban J connectivity index is 0.000000132. The Morgan fingerprint density at radius 2 is 0.772 bits per heavy atom. The lowest BCUT2D eigenvalue weighted by molar-refractivity contribution is -0.117. The molecule has 30 heteroatoms. The van der Waals surface area contributed by atoms with Crippen LogP contribution < -0.4 is 59.8 Å². The summed E-state index contributed by atoms with van der Waals surface area (Å²) in [5.74, 6) is 36.5. The number of unbranched alkanes of at least 4 members (excludes halogenated alkanes) is 1. The molecule has 7 N–H and O–H groups in total. The summed E-state index contributed by atoms with van der Waals surface area (Å²) in [5.41, 5.74) is 6.89. The number of methoxy groups -OCH3 is 4. The molecule has 2 aliphatic carbocycles. The second-order valence-corrected chi connectivity index (χ2v) is 38.8. The van der Waals surface area contributed by atoms with Crippen LogP contribution in [0.3, 0.4) is 0 Å². The van der Waals surface area contributed by atoms with E-state index in [1.54, 1.807) is 28.4 Å². The molecule has 19 rings (SSSR count). The zero-order chi connectivity index (χ0) is 94.1. The molecule has 11 aliphatic rings. The van der Waals surface area contributed by atoms with Crippen LogP contribution in [0, 0.1) is 59.2 Å². The number of anilines is 8. The van der Waals surface area contributed by atoms with Crippen molar-refractivity contribution in [3.63, 3.8) is 0 Å².